The number of nitrogens with zero attached hydrogens (tertiary/aromatic N) is 2. The molecule has 0 aliphatic heterocycles. The van der Waals surface area contributed by atoms with Crippen LogP contribution in [-0.2, 0) is 11.3 Å². The van der Waals surface area contributed by atoms with E-state index < -0.39 is 11.2 Å². The van der Waals surface area contributed by atoms with E-state index in [1.54, 1.807) is 17.0 Å². The first-order chi connectivity index (χ1) is 16.2. The van der Waals surface area contributed by atoms with E-state index in [1.807, 2.05) is 20.8 Å². The number of ether oxygens (including phenoxy) is 3. The van der Waals surface area contributed by atoms with Crippen molar-refractivity contribution in [2.45, 2.75) is 40.2 Å². The predicted octanol–water partition coefficient (Wildman–Crippen LogP) is 2.05. The van der Waals surface area contributed by atoms with Crippen molar-refractivity contribution in [1.29, 1.82) is 0 Å². The molecule has 11 heteroatoms. The van der Waals surface area contributed by atoms with E-state index >= 15 is 0 Å². The second-order valence-corrected chi connectivity index (χ2v) is 8.23. The number of hydrogen-bond donors (Lipinski definition) is 3. The maximum absolute atomic E-state index is 13.0. The average molecular weight is 478 g/mol. The number of H-pyrrole nitrogens is 1. The number of rotatable bonds is 12. The second kappa shape index (κ2) is 12.0. The lowest BCUT2D eigenvalue weighted by Crippen LogP contribution is -2.42. The minimum absolute atomic E-state index is 0.0409. The van der Waals surface area contributed by atoms with Gasteiger partial charge in [0.2, 0.25) is 11.7 Å². The van der Waals surface area contributed by atoms with E-state index in [0.29, 0.717) is 36.0 Å². The third kappa shape index (κ3) is 6.24. The highest BCUT2D eigenvalue weighted by atomic mass is 16.5. The molecule has 4 N–H and O–H groups in total. The summed E-state index contributed by atoms with van der Waals surface area (Å²) in [4.78, 5) is 41.9. The van der Waals surface area contributed by atoms with Gasteiger partial charge in [-0.2, -0.15) is 0 Å². The van der Waals surface area contributed by atoms with E-state index in [9.17, 15) is 14.4 Å². The number of hydrogen-bond acceptors (Lipinski definition) is 8. The van der Waals surface area contributed by atoms with Crippen LogP contribution in [0.3, 0.4) is 0 Å². The summed E-state index contributed by atoms with van der Waals surface area (Å²) in [5.41, 5.74) is 5.60. The van der Waals surface area contributed by atoms with Crippen molar-refractivity contribution in [2.75, 3.05) is 50.4 Å². The molecular weight excluding hydrogens is 442 g/mol. The van der Waals surface area contributed by atoms with Gasteiger partial charge in [0.25, 0.3) is 5.56 Å². The molecule has 1 aromatic heterocycles. The fraction of sp³-hybridized carbons (Fsp3) is 0.522. The van der Waals surface area contributed by atoms with Gasteiger partial charge >= 0.3 is 5.69 Å². The Balaban J connectivity index is 2.39. The summed E-state index contributed by atoms with van der Waals surface area (Å²) in [5.74, 6) is 0.971. The highest BCUT2D eigenvalue weighted by Crippen LogP contribution is 2.39. The van der Waals surface area contributed by atoms with Crippen LogP contribution in [-0.4, -0.2) is 49.9 Å². The van der Waals surface area contributed by atoms with E-state index in [4.69, 9.17) is 19.9 Å². The van der Waals surface area contributed by atoms with Gasteiger partial charge in [-0.05, 0) is 12.3 Å². The smallest absolute Gasteiger partial charge is 0.330 e. The van der Waals surface area contributed by atoms with Crippen molar-refractivity contribution in [3.8, 4) is 17.2 Å². The van der Waals surface area contributed by atoms with Crippen LogP contribution in [0, 0.1) is 5.92 Å². The highest BCUT2D eigenvalue weighted by Gasteiger charge is 2.22. The number of anilines is 3. The van der Waals surface area contributed by atoms with Gasteiger partial charge in [0, 0.05) is 30.9 Å². The van der Waals surface area contributed by atoms with Gasteiger partial charge in [0.1, 0.15) is 11.5 Å². The number of methoxy groups -OCH3 is 3. The zero-order valence-electron chi connectivity index (χ0n) is 20.7. The molecule has 2 aromatic rings. The molecule has 1 heterocycles. The lowest BCUT2D eigenvalue weighted by Gasteiger charge is -2.26. The molecule has 1 aromatic carbocycles. The van der Waals surface area contributed by atoms with E-state index in [1.165, 1.54) is 25.9 Å². The molecule has 188 valence electrons. The lowest BCUT2D eigenvalue weighted by atomic mass is 10.2. The number of nitrogens with two attached hydrogens (primary N) is 1. The number of carbonyl (C=O) groups is 1. The summed E-state index contributed by atoms with van der Waals surface area (Å²) in [5, 5.41) is 2.80. The first-order valence-corrected chi connectivity index (χ1v) is 11.1. The number of nitrogen functional groups attached to an aromatic ring is 1. The summed E-state index contributed by atoms with van der Waals surface area (Å²) in [7, 11) is 4.46. The first-order valence-electron chi connectivity index (χ1n) is 11.1. The molecule has 0 bridgehead atoms. The van der Waals surface area contributed by atoms with Gasteiger partial charge in [0.15, 0.2) is 11.5 Å². The summed E-state index contributed by atoms with van der Waals surface area (Å²) in [6.07, 6.45) is 1.56. The van der Waals surface area contributed by atoms with Crippen molar-refractivity contribution in [3.63, 3.8) is 0 Å². The number of unbranched alkanes of at least 4 members (excludes halogenated alkanes) is 1. The van der Waals surface area contributed by atoms with Crippen molar-refractivity contribution in [3.05, 3.63) is 33.0 Å². The summed E-state index contributed by atoms with van der Waals surface area (Å²) in [6, 6.07) is 3.22. The average Bonchev–Trinajstić information content (AvgIpc) is 2.78. The predicted molar refractivity (Wildman–Crippen MR) is 132 cm³/mol. The molecule has 0 unspecified atom stereocenters. The fourth-order valence-electron chi connectivity index (χ4n) is 3.58. The zero-order valence-corrected chi connectivity index (χ0v) is 20.7. The molecule has 2 rings (SSSR count). The molecular formula is C23H35N5O6. The Morgan fingerprint density at radius 2 is 1.76 bits per heavy atom. The van der Waals surface area contributed by atoms with E-state index in [2.05, 4.69) is 10.3 Å². The molecule has 0 spiro atoms. The van der Waals surface area contributed by atoms with Crippen LogP contribution >= 0.6 is 0 Å². The van der Waals surface area contributed by atoms with Crippen LogP contribution < -0.4 is 41.4 Å². The maximum Gasteiger partial charge on any atom is 0.330 e. The monoisotopic (exact) mass is 477 g/mol. The van der Waals surface area contributed by atoms with E-state index in [0.717, 1.165) is 12.8 Å². The molecule has 0 fully saturated rings. The number of aromatic nitrogens is 2. The quantitative estimate of drug-likeness (QED) is 0.422. The Labute approximate surface area is 198 Å². The summed E-state index contributed by atoms with van der Waals surface area (Å²) >= 11 is 0. The largest absolute Gasteiger partial charge is 0.493 e. The minimum Gasteiger partial charge on any atom is -0.493 e. The number of amides is 1. The third-order valence-electron chi connectivity index (χ3n) is 5.14. The van der Waals surface area contributed by atoms with Gasteiger partial charge in [-0.1, -0.05) is 27.2 Å². The van der Waals surface area contributed by atoms with E-state index in [-0.39, 0.29) is 29.9 Å². The molecule has 0 saturated heterocycles. The molecule has 0 atom stereocenters. The third-order valence-corrected chi connectivity index (χ3v) is 5.14. The Morgan fingerprint density at radius 1 is 1.15 bits per heavy atom. The van der Waals surface area contributed by atoms with Crippen LogP contribution in [0.2, 0.25) is 0 Å². The van der Waals surface area contributed by atoms with Crippen LogP contribution in [0.4, 0.5) is 17.2 Å². The number of nitrogens with one attached hydrogen (secondary N) is 2. The van der Waals surface area contributed by atoms with Gasteiger partial charge in [-0.15, -0.1) is 0 Å². The van der Waals surface area contributed by atoms with Crippen molar-refractivity contribution in [1.82, 2.24) is 9.55 Å². The molecule has 34 heavy (non-hydrogen) atoms. The Hall–Kier alpha value is -3.63. The van der Waals surface area contributed by atoms with Crippen molar-refractivity contribution < 1.29 is 19.0 Å². The normalized spacial score (nSPS) is 10.8. The SMILES string of the molecule is CCCCN(CC(=O)Nc1cc(OC)c(OC)c(OC)c1)c1c(N)n(CC(C)C)c(=O)[nH]c1=O. The highest BCUT2D eigenvalue weighted by molar-refractivity contribution is 5.95. The number of carbonyl (C=O) groups excluding carboxylic acids is 1. The van der Waals surface area contributed by atoms with Gasteiger partial charge < -0.3 is 30.2 Å². The van der Waals surface area contributed by atoms with Gasteiger partial charge in [-0.3, -0.25) is 19.1 Å². The van der Waals surface area contributed by atoms with Crippen LogP contribution in [0.1, 0.15) is 33.6 Å². The first kappa shape index (κ1) is 26.6. The van der Waals surface area contributed by atoms with Gasteiger partial charge in [0.05, 0.1) is 27.9 Å². The van der Waals surface area contributed by atoms with Crippen LogP contribution in [0.5, 0.6) is 17.2 Å². The summed E-state index contributed by atoms with van der Waals surface area (Å²) < 4.78 is 17.3. The standard InChI is InChI=1S/C23H35N5O6/c1-7-8-9-27(19-21(24)28(12-14(2)3)23(31)26-22(19)30)13-18(29)25-15-10-16(32-4)20(34-6)17(11-15)33-5/h10-11,14H,7-9,12-13,24H2,1-6H3,(H,25,29)(H,26,30,31). The molecule has 0 saturated carbocycles. The molecule has 1 amide bonds. The molecule has 0 aliphatic carbocycles. The fourth-order valence-corrected chi connectivity index (χ4v) is 3.58. The Bertz CT molecular complexity index is 1080. The topological polar surface area (TPSA) is 141 Å². The van der Waals surface area contributed by atoms with Crippen LogP contribution in [0.25, 0.3) is 0 Å². The van der Waals surface area contributed by atoms with Crippen LogP contribution in [0.15, 0.2) is 21.7 Å². The molecule has 0 radical (unpaired) electrons. The molecule has 0 aliphatic rings. The zero-order chi connectivity index (χ0) is 25.4. The maximum atomic E-state index is 13.0. The Morgan fingerprint density at radius 3 is 2.26 bits per heavy atom. The lowest BCUT2D eigenvalue weighted by molar-refractivity contribution is -0.115. The van der Waals surface area contributed by atoms with Gasteiger partial charge in [-0.25, -0.2) is 4.79 Å². The molecule has 11 nitrogen and oxygen atoms in total. The minimum atomic E-state index is -0.626. The number of benzene rings is 1. The number of aromatic amines is 1. The summed E-state index contributed by atoms with van der Waals surface area (Å²) in [6.45, 7) is 6.48. The Kier molecular flexibility index (Phi) is 9.40. The second-order valence-electron chi connectivity index (χ2n) is 8.23. The van der Waals surface area contributed by atoms with Crippen molar-refractivity contribution in [2.24, 2.45) is 5.92 Å². The van der Waals surface area contributed by atoms with Crippen molar-refractivity contribution >= 4 is 23.1 Å².